The Bertz CT molecular complexity index is 379. The molecule has 0 bridgehead atoms. The second-order valence-electron chi connectivity index (χ2n) is 5.13. The van der Waals surface area contributed by atoms with Crippen molar-refractivity contribution in [3.8, 4) is 0 Å². The molecule has 110 valence electrons. The highest BCUT2D eigenvalue weighted by Crippen LogP contribution is 2.27. The van der Waals surface area contributed by atoms with Crippen LogP contribution in [0, 0.1) is 0 Å². The summed E-state index contributed by atoms with van der Waals surface area (Å²) in [6.45, 7) is 6.37. The molecule has 0 spiro atoms. The van der Waals surface area contributed by atoms with Crippen LogP contribution in [-0.4, -0.2) is 53.4 Å². The van der Waals surface area contributed by atoms with Gasteiger partial charge in [-0.05, 0) is 42.3 Å². The Kier molecular flexibility index (Phi) is 7.42. The molecule has 1 atom stereocenters. The summed E-state index contributed by atoms with van der Waals surface area (Å²) in [7, 11) is 6.19. The van der Waals surface area contributed by atoms with E-state index in [1.165, 1.54) is 5.69 Å². The third kappa shape index (κ3) is 5.45. The van der Waals surface area contributed by atoms with Crippen LogP contribution in [0.2, 0.25) is 0 Å². The van der Waals surface area contributed by atoms with Crippen molar-refractivity contribution in [3.63, 3.8) is 0 Å². The summed E-state index contributed by atoms with van der Waals surface area (Å²) < 4.78 is 3.20. The molecule has 0 aromatic carbocycles. The highest BCUT2D eigenvalue weighted by molar-refractivity contribution is 9.10. The number of halogens is 1. The maximum atomic E-state index is 4.48. The highest BCUT2D eigenvalue weighted by Gasteiger charge is 2.19. The van der Waals surface area contributed by atoms with Crippen LogP contribution < -0.4 is 5.32 Å². The Labute approximate surface area is 129 Å². The van der Waals surface area contributed by atoms with E-state index in [-0.39, 0.29) is 0 Å². The second-order valence-corrected chi connectivity index (χ2v) is 7.59. The minimum atomic E-state index is 0.325. The van der Waals surface area contributed by atoms with E-state index in [0.29, 0.717) is 11.3 Å². The molecule has 0 saturated carbocycles. The van der Waals surface area contributed by atoms with Crippen LogP contribution >= 0.6 is 27.7 Å². The van der Waals surface area contributed by atoms with Crippen molar-refractivity contribution >= 4 is 27.7 Å². The van der Waals surface area contributed by atoms with Crippen molar-refractivity contribution in [1.82, 2.24) is 20.0 Å². The summed E-state index contributed by atoms with van der Waals surface area (Å²) in [6, 6.07) is 0.325. The van der Waals surface area contributed by atoms with Gasteiger partial charge in [0.1, 0.15) is 0 Å². The first-order valence-electron chi connectivity index (χ1n) is 6.60. The van der Waals surface area contributed by atoms with Gasteiger partial charge < -0.3 is 10.2 Å². The fourth-order valence-corrected chi connectivity index (χ4v) is 3.25. The quantitative estimate of drug-likeness (QED) is 0.782. The lowest BCUT2D eigenvalue weighted by atomic mass is 10.2. The average Bonchev–Trinajstić information content (AvgIpc) is 2.69. The molecule has 1 rings (SSSR count). The van der Waals surface area contributed by atoms with Crippen molar-refractivity contribution in [2.45, 2.75) is 31.7 Å². The summed E-state index contributed by atoms with van der Waals surface area (Å²) in [6.07, 6.45) is 1.90. The molecule has 1 aromatic rings. The second kappa shape index (κ2) is 8.29. The molecule has 0 fully saturated rings. The summed E-state index contributed by atoms with van der Waals surface area (Å²) >= 11 is 5.60. The van der Waals surface area contributed by atoms with Crippen molar-refractivity contribution in [2.75, 3.05) is 33.4 Å². The van der Waals surface area contributed by atoms with Crippen molar-refractivity contribution in [3.05, 3.63) is 16.4 Å². The van der Waals surface area contributed by atoms with E-state index in [1.807, 2.05) is 25.0 Å². The lowest BCUT2D eigenvalue weighted by Crippen LogP contribution is -2.26. The van der Waals surface area contributed by atoms with E-state index in [1.54, 1.807) is 0 Å². The Balaban J connectivity index is 2.80. The van der Waals surface area contributed by atoms with Gasteiger partial charge in [0.25, 0.3) is 0 Å². The topological polar surface area (TPSA) is 33.1 Å². The minimum Gasteiger partial charge on any atom is -0.311 e. The molecule has 0 aliphatic rings. The van der Waals surface area contributed by atoms with Crippen molar-refractivity contribution in [2.24, 2.45) is 0 Å². The summed E-state index contributed by atoms with van der Waals surface area (Å²) in [5.41, 5.74) is 1.25. The Morgan fingerprint density at radius 1 is 1.47 bits per heavy atom. The minimum absolute atomic E-state index is 0.325. The van der Waals surface area contributed by atoms with Crippen LogP contribution in [0.15, 0.2) is 10.7 Å². The summed E-state index contributed by atoms with van der Waals surface area (Å²) in [5, 5.41) is 8.53. The molecule has 1 N–H and O–H groups in total. The smallest absolute Gasteiger partial charge is 0.0704 e. The molecule has 6 heteroatoms. The van der Waals surface area contributed by atoms with Gasteiger partial charge in [0.15, 0.2) is 0 Å². The first-order chi connectivity index (χ1) is 8.95. The molecule has 19 heavy (non-hydrogen) atoms. The third-order valence-electron chi connectivity index (χ3n) is 2.87. The Hall–Kier alpha value is -0.0400. The largest absolute Gasteiger partial charge is 0.311 e. The first-order valence-corrected chi connectivity index (χ1v) is 8.44. The van der Waals surface area contributed by atoms with Gasteiger partial charge in [-0.2, -0.15) is 16.9 Å². The molecule has 0 radical (unpaired) electrons. The number of hydrogen-bond acceptors (Lipinski definition) is 4. The van der Waals surface area contributed by atoms with E-state index in [4.69, 9.17) is 0 Å². The zero-order chi connectivity index (χ0) is 14.4. The summed E-state index contributed by atoms with van der Waals surface area (Å²) in [4.78, 5) is 2.18. The van der Waals surface area contributed by atoms with Crippen molar-refractivity contribution in [1.29, 1.82) is 0 Å². The SMILES string of the molecule is CNC(CSC(C)C)c1c(Br)cnn1CCN(C)C. The number of rotatable bonds is 8. The molecular formula is C13H25BrN4S. The fraction of sp³-hybridized carbons (Fsp3) is 0.769. The van der Waals surface area contributed by atoms with E-state index >= 15 is 0 Å². The zero-order valence-corrected chi connectivity index (χ0v) is 14.9. The van der Waals surface area contributed by atoms with Gasteiger partial charge in [0.05, 0.1) is 29.0 Å². The number of nitrogens with zero attached hydrogens (tertiary/aromatic N) is 3. The van der Waals surface area contributed by atoms with Crippen molar-refractivity contribution < 1.29 is 0 Å². The zero-order valence-electron chi connectivity index (χ0n) is 12.5. The first kappa shape index (κ1) is 17.0. The van der Waals surface area contributed by atoms with Crippen LogP contribution in [0.3, 0.4) is 0 Å². The third-order valence-corrected chi connectivity index (χ3v) is 4.67. The van der Waals surface area contributed by atoms with E-state index in [9.17, 15) is 0 Å². The predicted molar refractivity (Wildman–Crippen MR) is 87.9 cm³/mol. The lowest BCUT2D eigenvalue weighted by molar-refractivity contribution is 0.365. The van der Waals surface area contributed by atoms with Gasteiger partial charge in [-0.1, -0.05) is 13.8 Å². The molecule has 4 nitrogen and oxygen atoms in total. The van der Waals surface area contributed by atoms with E-state index < -0.39 is 0 Å². The van der Waals surface area contributed by atoms with Gasteiger partial charge in [-0.15, -0.1) is 0 Å². The fourth-order valence-electron chi connectivity index (χ4n) is 1.78. The Morgan fingerprint density at radius 3 is 2.68 bits per heavy atom. The standard InChI is InChI=1S/C13H25BrN4S/c1-10(2)19-9-12(15-3)13-11(14)8-16-18(13)7-6-17(4)5/h8,10,12,15H,6-7,9H2,1-5H3. The van der Waals surface area contributed by atoms with Crippen LogP contribution in [-0.2, 0) is 6.54 Å². The Morgan fingerprint density at radius 2 is 2.16 bits per heavy atom. The van der Waals surface area contributed by atoms with Crippen LogP contribution in [0.25, 0.3) is 0 Å². The maximum Gasteiger partial charge on any atom is 0.0704 e. The van der Waals surface area contributed by atoms with Gasteiger partial charge in [-0.3, -0.25) is 4.68 Å². The van der Waals surface area contributed by atoms with Gasteiger partial charge in [-0.25, -0.2) is 0 Å². The maximum absolute atomic E-state index is 4.48. The number of likely N-dealkylation sites (N-methyl/N-ethyl adjacent to an activating group) is 1. The normalized spacial score (nSPS) is 13.5. The molecule has 0 amide bonds. The van der Waals surface area contributed by atoms with E-state index in [2.05, 4.69) is 63.9 Å². The number of nitrogens with one attached hydrogen (secondary N) is 1. The number of hydrogen-bond donors (Lipinski definition) is 1. The van der Waals surface area contributed by atoms with E-state index in [0.717, 1.165) is 23.3 Å². The molecule has 0 aliphatic carbocycles. The lowest BCUT2D eigenvalue weighted by Gasteiger charge is -2.20. The molecule has 0 saturated heterocycles. The molecule has 0 aliphatic heterocycles. The molecule has 1 aromatic heterocycles. The van der Waals surface area contributed by atoms with Gasteiger partial charge >= 0.3 is 0 Å². The number of thioether (sulfide) groups is 1. The van der Waals surface area contributed by atoms with Gasteiger partial charge in [0.2, 0.25) is 0 Å². The predicted octanol–water partition coefficient (Wildman–Crippen LogP) is 2.61. The average molecular weight is 349 g/mol. The highest BCUT2D eigenvalue weighted by atomic mass is 79.9. The molecule has 1 unspecified atom stereocenters. The van der Waals surface area contributed by atoms with Gasteiger partial charge in [0, 0.05) is 12.3 Å². The monoisotopic (exact) mass is 348 g/mol. The molecular weight excluding hydrogens is 324 g/mol. The molecule has 1 heterocycles. The number of aromatic nitrogens is 2. The van der Waals surface area contributed by atoms with Crippen LogP contribution in [0.5, 0.6) is 0 Å². The van der Waals surface area contributed by atoms with Crippen LogP contribution in [0.1, 0.15) is 25.6 Å². The summed E-state index contributed by atoms with van der Waals surface area (Å²) in [5.74, 6) is 1.06. The van der Waals surface area contributed by atoms with Crippen LogP contribution in [0.4, 0.5) is 0 Å².